The molecule has 0 fully saturated rings. The zero-order valence-electron chi connectivity index (χ0n) is 14.1. The van der Waals surface area contributed by atoms with Crippen LogP contribution in [0.1, 0.15) is 11.1 Å². The van der Waals surface area contributed by atoms with E-state index >= 15 is 0 Å². The lowest BCUT2D eigenvalue weighted by atomic mass is 10.1. The monoisotopic (exact) mass is 330 g/mol. The number of fused-ring (bicyclic) bond motifs is 1. The third-order valence-electron chi connectivity index (χ3n) is 4.34. The summed E-state index contributed by atoms with van der Waals surface area (Å²) in [6, 6.07) is 16.6. The number of phenols is 2. The van der Waals surface area contributed by atoms with Gasteiger partial charge in [-0.1, -0.05) is 29.8 Å². The summed E-state index contributed by atoms with van der Waals surface area (Å²) in [5, 5.41) is 20.6. The molecule has 0 bridgehead atoms. The maximum atomic E-state index is 10.3. The van der Waals surface area contributed by atoms with E-state index in [1.807, 2.05) is 60.8 Å². The smallest absolute Gasteiger partial charge is 0.149 e. The van der Waals surface area contributed by atoms with Crippen molar-refractivity contribution in [1.29, 1.82) is 0 Å². The number of hydrogen-bond acceptors (Lipinski definition) is 3. The van der Waals surface area contributed by atoms with Crippen molar-refractivity contribution < 1.29 is 10.2 Å². The predicted molar refractivity (Wildman–Crippen MR) is 98.9 cm³/mol. The number of para-hydroxylation sites is 1. The fraction of sp³-hybridized carbons (Fsp3) is 0.0952. The van der Waals surface area contributed by atoms with E-state index in [2.05, 4.69) is 0 Å². The molecule has 0 spiro atoms. The van der Waals surface area contributed by atoms with Gasteiger partial charge >= 0.3 is 0 Å². The van der Waals surface area contributed by atoms with Crippen LogP contribution in [0.15, 0.2) is 60.8 Å². The van der Waals surface area contributed by atoms with Gasteiger partial charge in [-0.15, -0.1) is 0 Å². The molecule has 4 rings (SSSR count). The molecule has 0 aliphatic heterocycles. The molecule has 0 aliphatic carbocycles. The lowest BCUT2D eigenvalue weighted by Gasteiger charge is -2.06. The number of rotatable bonds is 2. The predicted octanol–water partition coefficient (Wildman–Crippen LogP) is 4.70. The number of imidazole rings is 1. The summed E-state index contributed by atoms with van der Waals surface area (Å²) in [4.78, 5) is 4.78. The van der Waals surface area contributed by atoms with Gasteiger partial charge in [0.05, 0.1) is 11.1 Å². The van der Waals surface area contributed by atoms with Crippen molar-refractivity contribution in [3.8, 4) is 34.1 Å². The van der Waals surface area contributed by atoms with Crippen molar-refractivity contribution in [1.82, 2.24) is 9.38 Å². The minimum Gasteiger partial charge on any atom is -0.507 e. The largest absolute Gasteiger partial charge is 0.507 e. The molecule has 4 nitrogen and oxygen atoms in total. The minimum absolute atomic E-state index is 0.183. The summed E-state index contributed by atoms with van der Waals surface area (Å²) in [7, 11) is 0. The zero-order valence-corrected chi connectivity index (χ0v) is 14.1. The van der Waals surface area contributed by atoms with Crippen LogP contribution in [0, 0.1) is 13.8 Å². The van der Waals surface area contributed by atoms with Gasteiger partial charge in [-0.25, -0.2) is 4.98 Å². The molecule has 0 saturated carbocycles. The molecule has 25 heavy (non-hydrogen) atoms. The molecule has 0 radical (unpaired) electrons. The van der Waals surface area contributed by atoms with E-state index < -0.39 is 0 Å². The summed E-state index contributed by atoms with van der Waals surface area (Å²) >= 11 is 0. The van der Waals surface area contributed by atoms with Gasteiger partial charge in [0, 0.05) is 11.8 Å². The Morgan fingerprint density at radius 2 is 1.52 bits per heavy atom. The molecular formula is C21H18N2O2. The average Bonchev–Trinajstić information content (AvgIpc) is 2.96. The second-order valence-corrected chi connectivity index (χ2v) is 6.28. The number of nitrogens with zero attached hydrogens (tertiary/aromatic N) is 2. The van der Waals surface area contributed by atoms with Gasteiger partial charge in [0.25, 0.3) is 0 Å². The van der Waals surface area contributed by atoms with E-state index in [1.54, 1.807) is 18.2 Å². The van der Waals surface area contributed by atoms with E-state index in [9.17, 15) is 10.2 Å². The van der Waals surface area contributed by atoms with Crippen LogP contribution < -0.4 is 0 Å². The number of aromatic hydroxyl groups is 2. The topological polar surface area (TPSA) is 57.8 Å². The molecule has 124 valence electrons. The molecule has 4 heteroatoms. The van der Waals surface area contributed by atoms with Crippen LogP contribution in [-0.2, 0) is 0 Å². The number of hydrogen-bond donors (Lipinski definition) is 2. The molecule has 0 amide bonds. The normalized spacial score (nSPS) is 11.1. The van der Waals surface area contributed by atoms with Crippen molar-refractivity contribution in [3.05, 3.63) is 71.9 Å². The molecule has 2 N–H and O–H groups in total. The van der Waals surface area contributed by atoms with Crippen molar-refractivity contribution >= 4 is 5.52 Å². The molecule has 0 saturated heterocycles. The number of aryl methyl sites for hydroxylation is 2. The molecule has 4 aromatic rings. The number of aromatic nitrogens is 2. The summed E-state index contributed by atoms with van der Waals surface area (Å²) in [6.07, 6.45) is 1.99. The maximum Gasteiger partial charge on any atom is 0.149 e. The molecule has 0 aliphatic rings. The highest BCUT2D eigenvalue weighted by Gasteiger charge is 2.18. The Morgan fingerprint density at radius 1 is 0.800 bits per heavy atom. The number of pyridine rings is 1. The Morgan fingerprint density at radius 3 is 2.32 bits per heavy atom. The van der Waals surface area contributed by atoms with Crippen LogP contribution in [0.4, 0.5) is 0 Å². The van der Waals surface area contributed by atoms with Crippen molar-refractivity contribution in [2.75, 3.05) is 0 Å². The SMILES string of the molecule is Cc1ccc(O)c(-c2nc(-c3ccccc3O)c3ccc(C)cn23)c1. The Hall–Kier alpha value is -3.27. The van der Waals surface area contributed by atoms with E-state index in [1.165, 1.54) is 0 Å². The van der Waals surface area contributed by atoms with Gasteiger partial charge in [0.2, 0.25) is 0 Å². The summed E-state index contributed by atoms with van der Waals surface area (Å²) in [5.74, 6) is 1.02. The quantitative estimate of drug-likeness (QED) is 0.560. The van der Waals surface area contributed by atoms with Crippen molar-refractivity contribution in [2.24, 2.45) is 0 Å². The van der Waals surface area contributed by atoms with Crippen LogP contribution in [0.5, 0.6) is 11.5 Å². The third-order valence-corrected chi connectivity index (χ3v) is 4.34. The van der Waals surface area contributed by atoms with E-state index in [4.69, 9.17) is 4.98 Å². The summed E-state index contributed by atoms with van der Waals surface area (Å²) in [5.41, 5.74) is 5.03. The minimum atomic E-state index is 0.183. The first-order chi connectivity index (χ1) is 12.0. The number of phenolic OH excluding ortho intramolecular Hbond substituents is 2. The van der Waals surface area contributed by atoms with Gasteiger partial charge in [0.15, 0.2) is 0 Å². The van der Waals surface area contributed by atoms with Crippen LogP contribution in [-0.4, -0.2) is 19.6 Å². The molecule has 2 heterocycles. The van der Waals surface area contributed by atoms with Gasteiger partial charge in [-0.2, -0.15) is 0 Å². The first-order valence-electron chi connectivity index (χ1n) is 8.11. The Balaban J connectivity index is 2.08. The second-order valence-electron chi connectivity index (χ2n) is 6.28. The molecular weight excluding hydrogens is 312 g/mol. The second kappa shape index (κ2) is 5.67. The molecule has 0 atom stereocenters. The van der Waals surface area contributed by atoms with E-state index in [-0.39, 0.29) is 11.5 Å². The Labute approximate surface area is 145 Å². The first-order valence-corrected chi connectivity index (χ1v) is 8.11. The van der Waals surface area contributed by atoms with E-state index in [0.717, 1.165) is 16.6 Å². The highest BCUT2D eigenvalue weighted by atomic mass is 16.3. The van der Waals surface area contributed by atoms with Crippen molar-refractivity contribution in [3.63, 3.8) is 0 Å². The van der Waals surface area contributed by atoms with Gasteiger partial charge in [-0.3, -0.25) is 4.40 Å². The fourth-order valence-electron chi connectivity index (χ4n) is 3.08. The lowest BCUT2D eigenvalue weighted by molar-refractivity contribution is 0.476. The molecule has 0 unspecified atom stereocenters. The summed E-state index contributed by atoms with van der Waals surface area (Å²) < 4.78 is 1.96. The number of benzene rings is 2. The van der Waals surface area contributed by atoms with E-state index in [0.29, 0.717) is 22.6 Å². The van der Waals surface area contributed by atoms with Gasteiger partial charge in [-0.05, 0) is 49.7 Å². The highest BCUT2D eigenvalue weighted by molar-refractivity contribution is 5.85. The van der Waals surface area contributed by atoms with Crippen molar-refractivity contribution in [2.45, 2.75) is 13.8 Å². The fourth-order valence-corrected chi connectivity index (χ4v) is 3.08. The maximum absolute atomic E-state index is 10.3. The Kier molecular flexibility index (Phi) is 3.46. The molecule has 2 aromatic carbocycles. The summed E-state index contributed by atoms with van der Waals surface area (Å²) in [6.45, 7) is 3.99. The van der Waals surface area contributed by atoms with Crippen LogP contribution in [0.3, 0.4) is 0 Å². The van der Waals surface area contributed by atoms with Gasteiger partial charge < -0.3 is 10.2 Å². The van der Waals surface area contributed by atoms with Gasteiger partial charge in [0.1, 0.15) is 23.0 Å². The third kappa shape index (κ3) is 2.52. The zero-order chi connectivity index (χ0) is 17.6. The standard InChI is InChI=1S/C21H18N2O2/c1-13-8-10-19(25)16(11-13)21-22-20(15-5-3-4-6-18(15)24)17-9-7-14(2)12-23(17)21/h3-12,24-25H,1-2H3. The van der Waals surface area contributed by atoms with Crippen LogP contribution in [0.2, 0.25) is 0 Å². The van der Waals surface area contributed by atoms with Crippen LogP contribution >= 0.6 is 0 Å². The lowest BCUT2D eigenvalue weighted by Crippen LogP contribution is -1.91. The average molecular weight is 330 g/mol. The first kappa shape index (κ1) is 15.3. The molecule has 2 aromatic heterocycles. The highest BCUT2D eigenvalue weighted by Crippen LogP contribution is 2.37. The Bertz CT molecular complexity index is 1100. The van der Waals surface area contributed by atoms with Crippen LogP contribution in [0.25, 0.3) is 28.2 Å².